The zero-order chi connectivity index (χ0) is 15.4. The SMILES string of the molecule is COc1cc(Cl)c(C)cc1NCc1ccccc1[N+](=O)[O-]. The van der Waals surface area contributed by atoms with Crippen molar-refractivity contribution in [1.82, 2.24) is 0 Å². The Morgan fingerprint density at radius 3 is 2.71 bits per heavy atom. The molecule has 0 bridgehead atoms. The molecule has 0 atom stereocenters. The molecular weight excluding hydrogens is 292 g/mol. The van der Waals surface area contributed by atoms with Gasteiger partial charge in [0, 0.05) is 29.3 Å². The van der Waals surface area contributed by atoms with Crippen molar-refractivity contribution in [2.45, 2.75) is 13.5 Å². The number of nitro groups is 1. The maximum absolute atomic E-state index is 11.0. The molecule has 2 rings (SSSR count). The van der Waals surface area contributed by atoms with E-state index in [-0.39, 0.29) is 10.6 Å². The number of para-hydroxylation sites is 1. The summed E-state index contributed by atoms with van der Waals surface area (Å²) in [5.41, 5.74) is 2.35. The summed E-state index contributed by atoms with van der Waals surface area (Å²) in [6.07, 6.45) is 0. The first-order valence-electron chi connectivity index (χ1n) is 6.33. The molecule has 0 aliphatic heterocycles. The molecular formula is C15H15ClN2O3. The van der Waals surface area contributed by atoms with Gasteiger partial charge in [0.2, 0.25) is 0 Å². The van der Waals surface area contributed by atoms with Crippen LogP contribution in [0.15, 0.2) is 36.4 Å². The van der Waals surface area contributed by atoms with Gasteiger partial charge in [0.1, 0.15) is 5.75 Å². The van der Waals surface area contributed by atoms with E-state index in [1.807, 2.05) is 13.0 Å². The lowest BCUT2D eigenvalue weighted by molar-refractivity contribution is -0.385. The summed E-state index contributed by atoms with van der Waals surface area (Å²) >= 11 is 6.05. The topological polar surface area (TPSA) is 64.4 Å². The Balaban J connectivity index is 2.25. The number of nitrogens with one attached hydrogen (secondary N) is 1. The van der Waals surface area contributed by atoms with Crippen LogP contribution in [-0.4, -0.2) is 12.0 Å². The summed E-state index contributed by atoms with van der Waals surface area (Å²) in [6, 6.07) is 10.2. The highest BCUT2D eigenvalue weighted by atomic mass is 35.5. The van der Waals surface area contributed by atoms with E-state index in [0.717, 1.165) is 11.3 Å². The number of methoxy groups -OCH3 is 1. The molecule has 0 unspecified atom stereocenters. The van der Waals surface area contributed by atoms with Gasteiger partial charge in [0.15, 0.2) is 0 Å². The fraction of sp³-hybridized carbons (Fsp3) is 0.200. The molecule has 21 heavy (non-hydrogen) atoms. The van der Waals surface area contributed by atoms with Crippen molar-refractivity contribution in [1.29, 1.82) is 0 Å². The number of halogens is 1. The van der Waals surface area contributed by atoms with E-state index in [1.165, 1.54) is 6.07 Å². The number of anilines is 1. The standard InChI is InChI=1S/C15H15ClN2O3/c1-10-7-13(15(21-2)8-12(10)16)17-9-11-5-3-4-6-14(11)18(19)20/h3-8,17H,9H2,1-2H3. The summed E-state index contributed by atoms with van der Waals surface area (Å²) in [7, 11) is 1.55. The number of nitrogens with zero attached hydrogens (tertiary/aromatic N) is 1. The first kappa shape index (κ1) is 15.1. The van der Waals surface area contributed by atoms with Gasteiger partial charge in [-0.15, -0.1) is 0 Å². The molecule has 6 heteroatoms. The van der Waals surface area contributed by atoms with Crippen LogP contribution >= 0.6 is 11.6 Å². The maximum atomic E-state index is 11.0. The molecule has 0 fully saturated rings. The molecule has 5 nitrogen and oxygen atoms in total. The fourth-order valence-corrected chi connectivity index (χ4v) is 2.15. The van der Waals surface area contributed by atoms with Crippen molar-refractivity contribution < 1.29 is 9.66 Å². The second-order valence-electron chi connectivity index (χ2n) is 4.54. The van der Waals surface area contributed by atoms with E-state index in [1.54, 1.807) is 31.4 Å². The van der Waals surface area contributed by atoms with Crippen molar-refractivity contribution in [3.8, 4) is 5.75 Å². The molecule has 0 radical (unpaired) electrons. The summed E-state index contributed by atoms with van der Waals surface area (Å²) in [5, 5.41) is 14.8. The Morgan fingerprint density at radius 1 is 1.33 bits per heavy atom. The first-order chi connectivity index (χ1) is 10.0. The Hall–Kier alpha value is -2.27. The highest BCUT2D eigenvalue weighted by Gasteiger charge is 2.13. The number of hydrogen-bond acceptors (Lipinski definition) is 4. The van der Waals surface area contributed by atoms with Crippen LogP contribution in [0.2, 0.25) is 5.02 Å². The van der Waals surface area contributed by atoms with Gasteiger partial charge in [-0.05, 0) is 18.6 Å². The molecule has 0 aromatic heterocycles. The minimum Gasteiger partial charge on any atom is -0.495 e. The van der Waals surface area contributed by atoms with Crippen LogP contribution in [0.1, 0.15) is 11.1 Å². The molecule has 0 aliphatic carbocycles. The fourth-order valence-electron chi connectivity index (χ4n) is 2.00. The summed E-state index contributed by atoms with van der Waals surface area (Å²) in [5.74, 6) is 0.601. The molecule has 0 amide bonds. The molecule has 0 aliphatic rings. The molecule has 2 aromatic rings. The molecule has 2 aromatic carbocycles. The van der Waals surface area contributed by atoms with Crippen molar-refractivity contribution in [2.75, 3.05) is 12.4 Å². The first-order valence-corrected chi connectivity index (χ1v) is 6.71. The van der Waals surface area contributed by atoms with Crippen LogP contribution in [0.5, 0.6) is 5.75 Å². The average Bonchev–Trinajstić information content (AvgIpc) is 2.48. The largest absolute Gasteiger partial charge is 0.495 e. The van der Waals surface area contributed by atoms with E-state index in [4.69, 9.17) is 16.3 Å². The van der Waals surface area contributed by atoms with E-state index in [2.05, 4.69) is 5.32 Å². The molecule has 1 N–H and O–H groups in total. The van der Waals surface area contributed by atoms with Gasteiger partial charge in [-0.3, -0.25) is 10.1 Å². The van der Waals surface area contributed by atoms with E-state index >= 15 is 0 Å². The zero-order valence-corrected chi connectivity index (χ0v) is 12.5. The highest BCUT2D eigenvalue weighted by Crippen LogP contribution is 2.31. The Bertz CT molecular complexity index is 674. The van der Waals surface area contributed by atoms with Crippen molar-refractivity contribution in [3.63, 3.8) is 0 Å². The van der Waals surface area contributed by atoms with E-state index in [0.29, 0.717) is 22.9 Å². The van der Waals surface area contributed by atoms with Gasteiger partial charge < -0.3 is 10.1 Å². The Kier molecular flexibility index (Phi) is 4.65. The third kappa shape index (κ3) is 3.44. The third-order valence-corrected chi connectivity index (χ3v) is 3.55. The number of ether oxygens (including phenoxy) is 1. The number of aryl methyl sites for hydroxylation is 1. The minimum atomic E-state index is -0.388. The van der Waals surface area contributed by atoms with Crippen LogP contribution in [0.25, 0.3) is 0 Å². The quantitative estimate of drug-likeness (QED) is 0.665. The molecule has 0 saturated carbocycles. The lowest BCUT2D eigenvalue weighted by atomic mass is 10.1. The Labute approximate surface area is 127 Å². The van der Waals surface area contributed by atoms with Gasteiger partial charge in [0.25, 0.3) is 5.69 Å². The predicted octanol–water partition coefficient (Wildman–Crippen LogP) is 4.18. The minimum absolute atomic E-state index is 0.0923. The average molecular weight is 307 g/mol. The Morgan fingerprint density at radius 2 is 2.05 bits per heavy atom. The summed E-state index contributed by atoms with van der Waals surface area (Å²) in [6.45, 7) is 2.21. The highest BCUT2D eigenvalue weighted by molar-refractivity contribution is 6.31. The van der Waals surface area contributed by atoms with Gasteiger partial charge in [0.05, 0.1) is 17.7 Å². The van der Waals surface area contributed by atoms with Crippen LogP contribution in [0.3, 0.4) is 0 Å². The number of benzene rings is 2. The lowest BCUT2D eigenvalue weighted by Gasteiger charge is -2.13. The maximum Gasteiger partial charge on any atom is 0.274 e. The number of hydrogen-bond donors (Lipinski definition) is 1. The van der Waals surface area contributed by atoms with Crippen LogP contribution in [-0.2, 0) is 6.54 Å². The van der Waals surface area contributed by atoms with Crippen LogP contribution in [0, 0.1) is 17.0 Å². The lowest BCUT2D eigenvalue weighted by Crippen LogP contribution is -2.04. The van der Waals surface area contributed by atoms with Crippen molar-refractivity contribution >= 4 is 23.0 Å². The second-order valence-corrected chi connectivity index (χ2v) is 4.95. The third-order valence-electron chi connectivity index (χ3n) is 3.14. The van der Waals surface area contributed by atoms with Gasteiger partial charge in [-0.25, -0.2) is 0 Å². The molecule has 0 spiro atoms. The zero-order valence-electron chi connectivity index (χ0n) is 11.7. The van der Waals surface area contributed by atoms with Gasteiger partial charge in [-0.2, -0.15) is 0 Å². The number of rotatable bonds is 5. The monoisotopic (exact) mass is 306 g/mol. The van der Waals surface area contributed by atoms with Crippen molar-refractivity contribution in [2.24, 2.45) is 0 Å². The molecule has 0 saturated heterocycles. The predicted molar refractivity (Wildman–Crippen MR) is 83.2 cm³/mol. The van der Waals surface area contributed by atoms with Gasteiger partial charge in [-0.1, -0.05) is 29.8 Å². The molecule has 0 heterocycles. The second kappa shape index (κ2) is 6.45. The summed E-state index contributed by atoms with van der Waals surface area (Å²) in [4.78, 5) is 10.6. The normalized spacial score (nSPS) is 10.2. The molecule has 110 valence electrons. The van der Waals surface area contributed by atoms with E-state index < -0.39 is 0 Å². The van der Waals surface area contributed by atoms with Crippen LogP contribution in [0.4, 0.5) is 11.4 Å². The smallest absolute Gasteiger partial charge is 0.274 e. The van der Waals surface area contributed by atoms with E-state index in [9.17, 15) is 10.1 Å². The summed E-state index contributed by atoms with van der Waals surface area (Å²) < 4.78 is 5.27. The van der Waals surface area contributed by atoms with Gasteiger partial charge >= 0.3 is 0 Å². The number of nitro benzene ring substituents is 1. The van der Waals surface area contributed by atoms with Crippen molar-refractivity contribution in [3.05, 3.63) is 62.7 Å². The van der Waals surface area contributed by atoms with Crippen LogP contribution < -0.4 is 10.1 Å².